The number of fused-ring (bicyclic) bond motifs is 8. The predicted octanol–water partition coefficient (Wildman–Crippen LogP) is 25.4. The molecule has 0 bridgehead atoms. The van der Waals surface area contributed by atoms with Crippen molar-refractivity contribution in [2.24, 2.45) is 0 Å². The van der Waals surface area contributed by atoms with Gasteiger partial charge in [-0.3, -0.25) is 14.7 Å². The minimum absolute atomic E-state index is 0.0188. The second-order valence-corrected chi connectivity index (χ2v) is 42.7. The van der Waals surface area contributed by atoms with Crippen molar-refractivity contribution in [1.82, 2.24) is 59.5 Å². The summed E-state index contributed by atoms with van der Waals surface area (Å²) in [5, 5.41) is 50.7. The quantitative estimate of drug-likeness (QED) is 0.0307. The fraction of sp³-hybridized carbons (Fsp3) is 0.374. The van der Waals surface area contributed by atoms with Crippen molar-refractivity contribution in [2.45, 2.75) is 121 Å². The lowest BCUT2D eigenvalue weighted by Gasteiger charge is -2.41. The van der Waals surface area contributed by atoms with Gasteiger partial charge in [0.25, 0.3) is 0 Å². The molecule has 0 saturated carbocycles. The van der Waals surface area contributed by atoms with E-state index in [9.17, 15) is 33.6 Å². The Morgan fingerprint density at radius 1 is 0.300 bits per heavy atom. The van der Waals surface area contributed by atoms with E-state index in [-0.39, 0.29) is 131 Å². The van der Waals surface area contributed by atoms with E-state index < -0.39 is 40.3 Å². The summed E-state index contributed by atoms with van der Waals surface area (Å²) in [5.74, 6) is 0.206. The number of piperidine rings is 4. The third-order valence-corrected chi connectivity index (χ3v) is 29.9. The molecule has 7 aliphatic heterocycles. The Morgan fingerprint density at radius 3 is 0.740 bits per heavy atom. The summed E-state index contributed by atoms with van der Waals surface area (Å²) in [7, 11) is 4.01. The summed E-state index contributed by atoms with van der Waals surface area (Å²) in [6.07, 6.45) is 13.6. The summed E-state index contributed by atoms with van der Waals surface area (Å²) < 4.78 is 131. The monoisotopic (exact) mass is 2120 g/mol. The molecule has 782 valence electrons. The first-order chi connectivity index (χ1) is 72.3. The van der Waals surface area contributed by atoms with Gasteiger partial charge in [0, 0.05) is 162 Å². The summed E-state index contributed by atoms with van der Waals surface area (Å²) in [4.78, 5) is 53.2. The van der Waals surface area contributed by atoms with Crippen LogP contribution >= 0.6 is 46.4 Å². The minimum Gasteiger partial charge on any atom is -0.508 e. The predicted molar refractivity (Wildman–Crippen MR) is 584 cm³/mol. The number of aromatic nitrogens is 8. The summed E-state index contributed by atoms with van der Waals surface area (Å²) >= 11 is 27.0. The number of hydrogen-bond donors (Lipinski definition) is 4. The van der Waals surface area contributed by atoms with Crippen molar-refractivity contribution < 1.29 is 70.1 Å². The third-order valence-electron chi connectivity index (χ3n) is 28.7. The van der Waals surface area contributed by atoms with E-state index in [1.54, 1.807) is 75.4 Å². The van der Waals surface area contributed by atoms with E-state index >= 15 is 17.6 Å². The van der Waals surface area contributed by atoms with Crippen LogP contribution in [-0.4, -0.2) is 255 Å². The third kappa shape index (κ3) is 22.9. The van der Waals surface area contributed by atoms with Crippen LogP contribution in [0.15, 0.2) is 170 Å². The van der Waals surface area contributed by atoms with E-state index in [0.717, 1.165) is 185 Å². The van der Waals surface area contributed by atoms with Crippen molar-refractivity contribution >= 4 is 156 Å². The van der Waals surface area contributed by atoms with Gasteiger partial charge in [-0.05, 0) is 256 Å². The number of anilines is 4. The van der Waals surface area contributed by atoms with Crippen molar-refractivity contribution in [2.75, 3.05) is 178 Å². The number of benzene rings is 12. The highest BCUT2D eigenvalue weighted by molar-refractivity contribution is 6.37. The number of phenolic OH excluding ortho intramolecular Hbond substituents is 4. The van der Waals surface area contributed by atoms with E-state index in [1.807, 2.05) is 126 Å². The fourth-order valence-electron chi connectivity index (χ4n) is 21.8. The number of aromatic hydroxyl groups is 4. The van der Waals surface area contributed by atoms with Gasteiger partial charge in [0.05, 0.1) is 26.7 Å². The van der Waals surface area contributed by atoms with Crippen molar-refractivity contribution in [3.63, 3.8) is 0 Å². The van der Waals surface area contributed by atoms with Crippen LogP contribution in [0.25, 0.3) is 131 Å². The molecular weight excluding hydrogens is 2010 g/mol. The number of rotatable bonds is 25. The minimum atomic E-state index is -1.16. The molecule has 0 aliphatic carbocycles. The van der Waals surface area contributed by atoms with Gasteiger partial charge >= 0.3 is 24.0 Å². The first-order valence-corrected chi connectivity index (χ1v) is 52.9. The first-order valence-electron chi connectivity index (χ1n) is 51.4. The zero-order valence-corrected chi connectivity index (χ0v) is 87.2. The smallest absolute Gasteiger partial charge is 0.319 e. The van der Waals surface area contributed by atoms with Crippen LogP contribution in [0.4, 0.5) is 54.0 Å². The van der Waals surface area contributed by atoms with Gasteiger partial charge in [0.2, 0.25) is 0 Å². The Hall–Kier alpha value is -12.9. The van der Waals surface area contributed by atoms with Gasteiger partial charge in [-0.2, -0.15) is 39.9 Å². The second-order valence-electron chi connectivity index (χ2n) is 41.1. The van der Waals surface area contributed by atoms with Gasteiger partial charge in [-0.15, -0.1) is 0 Å². The standard InChI is InChI=1S/3C29H29ClF2N4O2.C28H30ClFN4O2/c3*1-29(32)16-35(17-29)11-12-38-28-33-26-22(27(34-28)36-9-5-2-6-10-36)15-23(30)24(25(26)31)21-14-19(37)13-18-7-3-4-8-20(18)21;1-33(2)11-8-14-36-28-31-26-22(27(32-28)34-12-6-3-7-13-34)17-23(29)24(25(26)30)21-16-19(35)15-18-9-4-5-10-20(18)21/h3*3-4,7-8,13-15,37H,2,5-6,9-12,16-17H2,1H3;4-5,9-10,15-17,35H,3,6-8,11-14H2,1-2H3. The average Bonchev–Trinajstić information content (AvgIpc) is 0.752. The van der Waals surface area contributed by atoms with Gasteiger partial charge in [-0.1, -0.05) is 143 Å². The number of halogens is 11. The van der Waals surface area contributed by atoms with Gasteiger partial charge < -0.3 is 63.9 Å². The molecule has 0 atom stereocenters. The number of phenols is 4. The highest BCUT2D eigenvalue weighted by Crippen LogP contribution is 2.50. The van der Waals surface area contributed by atoms with Crippen LogP contribution in [0.2, 0.25) is 20.1 Å². The largest absolute Gasteiger partial charge is 0.508 e. The SMILES string of the molecule is CC1(F)CN(CCOc2nc(N3CCCCC3)c3cc(Cl)c(-c4cc(O)cc5ccccc45)c(F)c3n2)C1.CC1(F)CN(CCOc2nc(N3CCCCC3)c3cc(Cl)c(-c4cc(O)cc5ccccc45)c(F)c3n2)C1.CC1(F)CN(CCOc2nc(N3CCCCC3)c3cc(Cl)c(-c4cc(O)cc5ccccc45)c(F)c3n2)C1.CN(C)CCCOc1nc(N2CCCCC2)c2cc(Cl)c(-c3cc(O)cc4ccccc34)c(F)c2n1. The Kier molecular flexibility index (Phi) is 31.0. The maximum Gasteiger partial charge on any atom is 0.319 e. The molecule has 7 aliphatic rings. The van der Waals surface area contributed by atoms with Crippen LogP contribution in [0, 0.1) is 23.3 Å². The molecule has 4 N–H and O–H groups in total. The molecule has 0 unspecified atom stereocenters. The number of ether oxygens (including phenoxy) is 4. The van der Waals surface area contributed by atoms with Crippen LogP contribution in [0.1, 0.15) is 104 Å². The van der Waals surface area contributed by atoms with E-state index in [1.165, 1.54) is 18.2 Å². The van der Waals surface area contributed by atoms with Crippen molar-refractivity contribution in [3.8, 4) is 91.5 Å². The zero-order valence-electron chi connectivity index (χ0n) is 84.1. The molecule has 35 heteroatoms. The van der Waals surface area contributed by atoms with Crippen molar-refractivity contribution in [1.29, 1.82) is 0 Å². The fourth-order valence-corrected chi connectivity index (χ4v) is 22.9. The molecule has 7 saturated heterocycles. The zero-order chi connectivity index (χ0) is 105. The number of nitrogens with zero attached hydrogens (tertiary/aromatic N) is 16. The van der Waals surface area contributed by atoms with Crippen LogP contribution < -0.4 is 38.5 Å². The van der Waals surface area contributed by atoms with E-state index in [4.69, 9.17) is 70.3 Å². The molecular formula is C115H117Cl4F7N16O8. The maximum absolute atomic E-state index is 16.4. The molecule has 24 nitrogen and oxygen atoms in total. The number of hydrogen-bond acceptors (Lipinski definition) is 24. The molecule has 0 radical (unpaired) electrons. The summed E-state index contributed by atoms with van der Waals surface area (Å²) in [6, 6.07) is 49.8. The normalized spacial score (nSPS) is 16.8. The lowest BCUT2D eigenvalue weighted by Crippen LogP contribution is -2.57. The average molecular weight is 2130 g/mol. The van der Waals surface area contributed by atoms with Gasteiger partial charge in [0.15, 0.2) is 23.3 Å². The Morgan fingerprint density at radius 2 is 0.520 bits per heavy atom. The molecule has 16 aromatic rings. The molecule has 12 aromatic carbocycles. The molecule has 4 aromatic heterocycles. The van der Waals surface area contributed by atoms with E-state index in [0.29, 0.717) is 133 Å². The van der Waals surface area contributed by atoms with Crippen LogP contribution in [0.5, 0.6) is 47.0 Å². The Balaban J connectivity index is 0.000000121. The second kappa shape index (κ2) is 44.6. The highest BCUT2D eigenvalue weighted by Gasteiger charge is 2.42. The molecule has 0 spiro atoms. The maximum atomic E-state index is 16.4. The lowest BCUT2D eigenvalue weighted by atomic mass is 9.96. The van der Waals surface area contributed by atoms with Gasteiger partial charge in [0.1, 0.15) is 105 Å². The van der Waals surface area contributed by atoms with E-state index in [2.05, 4.69) is 59.4 Å². The van der Waals surface area contributed by atoms with Crippen molar-refractivity contribution in [3.05, 3.63) is 213 Å². The summed E-state index contributed by atoms with van der Waals surface area (Å²) in [5.41, 5.74) is -0.281. The molecule has 0 amide bonds. The number of alkyl halides is 3. The van der Waals surface area contributed by atoms with Crippen LogP contribution in [-0.2, 0) is 0 Å². The highest BCUT2D eigenvalue weighted by atomic mass is 35.5. The number of likely N-dealkylation sites (tertiary alicyclic amines) is 3. The first kappa shape index (κ1) is 104. The Bertz CT molecular complexity index is 7210. The molecule has 23 rings (SSSR count). The lowest BCUT2D eigenvalue weighted by molar-refractivity contribution is -0.0236. The Labute approximate surface area is 884 Å². The molecule has 150 heavy (non-hydrogen) atoms. The summed E-state index contributed by atoms with van der Waals surface area (Å²) in [6.45, 7) is 17.1. The molecule has 11 heterocycles. The topological polar surface area (TPSA) is 247 Å². The molecule has 7 fully saturated rings. The van der Waals surface area contributed by atoms with Gasteiger partial charge in [-0.25, -0.2) is 30.7 Å². The van der Waals surface area contributed by atoms with Crippen LogP contribution in [0.3, 0.4) is 0 Å².